The van der Waals surface area contributed by atoms with Crippen molar-refractivity contribution in [2.24, 2.45) is 0 Å². The highest BCUT2D eigenvalue weighted by Crippen LogP contribution is 2.20. The van der Waals surface area contributed by atoms with Crippen LogP contribution in [0.15, 0.2) is 48.5 Å². The molecule has 0 saturated carbocycles. The first-order valence-corrected chi connectivity index (χ1v) is 9.92. The fourth-order valence-electron chi connectivity index (χ4n) is 2.72. The van der Waals surface area contributed by atoms with Crippen molar-refractivity contribution < 1.29 is 13.2 Å². The molecular weight excluding hydrogens is 336 g/mol. The van der Waals surface area contributed by atoms with Crippen LogP contribution in [-0.4, -0.2) is 27.1 Å². The van der Waals surface area contributed by atoms with E-state index in [1.54, 1.807) is 30.3 Å². The average Bonchev–Trinajstić information content (AvgIpc) is 2.54. The predicted octanol–water partition coefficient (Wildman–Crippen LogP) is 2.95. The fraction of sp³-hybridized carbons (Fsp3) is 0.316. The number of sulfonamides is 1. The zero-order valence-electron chi connectivity index (χ0n) is 15.0. The second-order valence-corrected chi connectivity index (χ2v) is 8.16. The van der Waals surface area contributed by atoms with Crippen LogP contribution in [0.4, 0.5) is 5.69 Å². The third-order valence-corrected chi connectivity index (χ3v) is 5.15. The van der Waals surface area contributed by atoms with Gasteiger partial charge < -0.3 is 5.32 Å². The standard InChI is InChI=1S/C19H24N2O3S/c1-14-10-11-15(2)18(12-14)16(3)20-19(22)13-21(25(4,23)24)17-8-6-5-7-9-17/h5-12,16H,13H2,1-4H3,(H,20,22)/t16-/m1/s1. The lowest BCUT2D eigenvalue weighted by Gasteiger charge is -2.23. The first-order chi connectivity index (χ1) is 11.7. The van der Waals surface area contributed by atoms with Crippen LogP contribution in [0.2, 0.25) is 0 Å². The maximum absolute atomic E-state index is 12.4. The van der Waals surface area contributed by atoms with Gasteiger partial charge in [-0.05, 0) is 44.0 Å². The van der Waals surface area contributed by atoms with Gasteiger partial charge in [0.25, 0.3) is 0 Å². The Morgan fingerprint density at radius 3 is 2.36 bits per heavy atom. The minimum Gasteiger partial charge on any atom is -0.348 e. The molecule has 1 atom stereocenters. The highest BCUT2D eigenvalue weighted by molar-refractivity contribution is 7.92. The van der Waals surface area contributed by atoms with Crippen molar-refractivity contribution in [2.75, 3.05) is 17.1 Å². The number of carbonyl (C=O) groups is 1. The van der Waals surface area contributed by atoms with Crippen LogP contribution < -0.4 is 9.62 Å². The van der Waals surface area contributed by atoms with E-state index in [1.807, 2.05) is 39.0 Å². The lowest BCUT2D eigenvalue weighted by Crippen LogP contribution is -2.41. The summed E-state index contributed by atoms with van der Waals surface area (Å²) >= 11 is 0. The number of para-hydroxylation sites is 1. The molecule has 1 amide bonds. The number of rotatable bonds is 6. The zero-order valence-corrected chi connectivity index (χ0v) is 15.8. The molecule has 2 aromatic rings. The third kappa shape index (κ3) is 5.06. The maximum Gasteiger partial charge on any atom is 0.241 e. The molecule has 0 aromatic heterocycles. The van der Waals surface area contributed by atoms with Crippen LogP contribution in [-0.2, 0) is 14.8 Å². The number of benzene rings is 2. The van der Waals surface area contributed by atoms with Crippen molar-refractivity contribution >= 4 is 21.6 Å². The van der Waals surface area contributed by atoms with Crippen LogP contribution in [0.5, 0.6) is 0 Å². The second-order valence-electron chi connectivity index (χ2n) is 6.25. The van der Waals surface area contributed by atoms with E-state index in [0.29, 0.717) is 5.69 Å². The number of hydrogen-bond donors (Lipinski definition) is 1. The van der Waals surface area contributed by atoms with Crippen molar-refractivity contribution in [3.63, 3.8) is 0 Å². The summed E-state index contributed by atoms with van der Waals surface area (Å²) in [6.45, 7) is 5.63. The van der Waals surface area contributed by atoms with Crippen molar-refractivity contribution in [3.05, 3.63) is 65.2 Å². The lowest BCUT2D eigenvalue weighted by molar-refractivity contribution is -0.120. The van der Waals surface area contributed by atoms with E-state index in [-0.39, 0.29) is 18.5 Å². The average molecular weight is 360 g/mol. The molecule has 25 heavy (non-hydrogen) atoms. The Bertz CT molecular complexity index is 848. The zero-order chi connectivity index (χ0) is 18.6. The first kappa shape index (κ1) is 19.0. The summed E-state index contributed by atoms with van der Waals surface area (Å²) in [4.78, 5) is 12.4. The molecule has 0 fully saturated rings. The number of nitrogens with zero attached hydrogens (tertiary/aromatic N) is 1. The number of anilines is 1. The van der Waals surface area contributed by atoms with Gasteiger partial charge in [-0.15, -0.1) is 0 Å². The van der Waals surface area contributed by atoms with E-state index < -0.39 is 10.0 Å². The van der Waals surface area contributed by atoms with Gasteiger partial charge >= 0.3 is 0 Å². The SMILES string of the molecule is Cc1ccc(C)c([C@@H](C)NC(=O)CN(c2ccccc2)S(C)(=O)=O)c1. The Hall–Kier alpha value is -2.34. The quantitative estimate of drug-likeness (QED) is 0.861. The Labute approximate surface area is 149 Å². The minimum absolute atomic E-state index is 0.204. The van der Waals surface area contributed by atoms with Crippen LogP contribution >= 0.6 is 0 Å². The molecule has 0 heterocycles. The van der Waals surface area contributed by atoms with E-state index in [2.05, 4.69) is 5.32 Å². The minimum atomic E-state index is -3.56. The van der Waals surface area contributed by atoms with Gasteiger partial charge in [0.05, 0.1) is 18.0 Å². The van der Waals surface area contributed by atoms with Crippen LogP contribution in [0.3, 0.4) is 0 Å². The van der Waals surface area contributed by atoms with Gasteiger partial charge in [0.2, 0.25) is 15.9 Å². The normalized spacial score (nSPS) is 12.5. The summed E-state index contributed by atoms with van der Waals surface area (Å²) in [5.74, 6) is -0.345. The number of nitrogens with one attached hydrogen (secondary N) is 1. The Morgan fingerprint density at radius 1 is 1.12 bits per heavy atom. The van der Waals surface area contributed by atoms with Gasteiger partial charge in [-0.3, -0.25) is 9.10 Å². The molecule has 134 valence electrons. The summed E-state index contributed by atoms with van der Waals surface area (Å²) in [6.07, 6.45) is 1.10. The smallest absolute Gasteiger partial charge is 0.241 e. The summed E-state index contributed by atoms with van der Waals surface area (Å²) in [6, 6.07) is 14.5. The van der Waals surface area contributed by atoms with Gasteiger partial charge in [0.1, 0.15) is 6.54 Å². The van der Waals surface area contributed by atoms with Crippen molar-refractivity contribution in [1.82, 2.24) is 5.32 Å². The monoisotopic (exact) mass is 360 g/mol. The van der Waals surface area contributed by atoms with Crippen molar-refractivity contribution in [1.29, 1.82) is 0 Å². The molecular formula is C19H24N2O3S. The lowest BCUT2D eigenvalue weighted by atomic mass is 10.00. The van der Waals surface area contributed by atoms with Crippen LogP contribution in [0.25, 0.3) is 0 Å². The van der Waals surface area contributed by atoms with Gasteiger partial charge in [0.15, 0.2) is 0 Å². The fourth-order valence-corrected chi connectivity index (χ4v) is 3.57. The highest BCUT2D eigenvalue weighted by atomic mass is 32.2. The largest absolute Gasteiger partial charge is 0.348 e. The van der Waals surface area contributed by atoms with Crippen LogP contribution in [0.1, 0.15) is 29.7 Å². The molecule has 0 aliphatic carbocycles. The Kier molecular flexibility index (Phi) is 5.85. The van der Waals surface area contributed by atoms with E-state index in [9.17, 15) is 13.2 Å². The van der Waals surface area contributed by atoms with Gasteiger partial charge in [-0.1, -0.05) is 42.0 Å². The van der Waals surface area contributed by atoms with Crippen LogP contribution in [0, 0.1) is 13.8 Å². The molecule has 0 unspecified atom stereocenters. The molecule has 0 bridgehead atoms. The molecule has 2 rings (SSSR count). The molecule has 0 spiro atoms. The maximum atomic E-state index is 12.4. The van der Waals surface area contributed by atoms with Gasteiger partial charge in [-0.25, -0.2) is 8.42 Å². The van der Waals surface area contributed by atoms with E-state index >= 15 is 0 Å². The van der Waals surface area contributed by atoms with E-state index in [4.69, 9.17) is 0 Å². The first-order valence-electron chi connectivity index (χ1n) is 8.08. The Morgan fingerprint density at radius 2 is 1.76 bits per heavy atom. The molecule has 0 saturated heterocycles. The number of aryl methyl sites for hydroxylation is 2. The summed E-state index contributed by atoms with van der Waals surface area (Å²) < 4.78 is 25.2. The van der Waals surface area contributed by atoms with E-state index in [1.165, 1.54) is 0 Å². The summed E-state index contributed by atoms with van der Waals surface area (Å²) in [5.41, 5.74) is 3.70. The van der Waals surface area contributed by atoms with Crippen molar-refractivity contribution in [3.8, 4) is 0 Å². The molecule has 0 aliphatic heterocycles. The molecule has 0 radical (unpaired) electrons. The van der Waals surface area contributed by atoms with E-state index in [0.717, 1.165) is 27.3 Å². The highest BCUT2D eigenvalue weighted by Gasteiger charge is 2.22. The number of amides is 1. The number of hydrogen-bond acceptors (Lipinski definition) is 3. The molecule has 1 N–H and O–H groups in total. The third-order valence-electron chi connectivity index (χ3n) is 4.01. The topological polar surface area (TPSA) is 66.5 Å². The molecule has 6 heteroatoms. The number of carbonyl (C=O) groups excluding carboxylic acids is 1. The van der Waals surface area contributed by atoms with Crippen molar-refractivity contribution in [2.45, 2.75) is 26.8 Å². The Balaban J connectivity index is 2.15. The second kappa shape index (κ2) is 7.70. The molecule has 5 nitrogen and oxygen atoms in total. The summed E-state index contributed by atoms with van der Waals surface area (Å²) in [7, 11) is -3.56. The summed E-state index contributed by atoms with van der Waals surface area (Å²) in [5, 5.41) is 2.89. The predicted molar refractivity (Wildman–Crippen MR) is 101 cm³/mol. The molecule has 2 aromatic carbocycles. The van der Waals surface area contributed by atoms with Gasteiger partial charge in [-0.2, -0.15) is 0 Å². The molecule has 0 aliphatic rings. The van der Waals surface area contributed by atoms with Gasteiger partial charge in [0, 0.05) is 0 Å².